The summed E-state index contributed by atoms with van der Waals surface area (Å²) in [7, 11) is 2.18. The Kier molecular flexibility index (Phi) is 3.94. The van der Waals surface area contributed by atoms with Crippen molar-refractivity contribution in [3.63, 3.8) is 0 Å². The van der Waals surface area contributed by atoms with Gasteiger partial charge in [0, 0.05) is 38.3 Å². The number of nitrogens with zero attached hydrogens (tertiary/aromatic N) is 2. The summed E-state index contributed by atoms with van der Waals surface area (Å²) in [6.07, 6.45) is 1.11. The molecule has 19 heavy (non-hydrogen) atoms. The number of hydrogen-bond acceptors (Lipinski definition) is 3. The molecule has 0 aromatic carbocycles. The maximum Gasteiger partial charge on any atom is 0.228 e. The third-order valence-electron chi connectivity index (χ3n) is 4.71. The number of carbonyl (C=O) groups excluding carboxylic acids is 1. The summed E-state index contributed by atoms with van der Waals surface area (Å²) in [5, 5.41) is 3.19. The molecule has 4 nitrogen and oxygen atoms in total. The molecule has 0 aromatic heterocycles. The van der Waals surface area contributed by atoms with Crippen molar-refractivity contribution in [1.29, 1.82) is 0 Å². The molecule has 4 heteroatoms. The summed E-state index contributed by atoms with van der Waals surface area (Å²) < 4.78 is 0. The van der Waals surface area contributed by atoms with Crippen LogP contribution in [0.3, 0.4) is 0 Å². The van der Waals surface area contributed by atoms with Gasteiger partial charge in [0.15, 0.2) is 0 Å². The Morgan fingerprint density at radius 1 is 1.16 bits per heavy atom. The zero-order valence-electron chi connectivity index (χ0n) is 13.1. The number of hydrogen-bond donors (Lipinski definition) is 1. The van der Waals surface area contributed by atoms with Crippen molar-refractivity contribution in [3.05, 3.63) is 0 Å². The van der Waals surface area contributed by atoms with Gasteiger partial charge in [0.05, 0.1) is 5.92 Å². The monoisotopic (exact) mass is 267 g/mol. The Morgan fingerprint density at radius 2 is 1.79 bits per heavy atom. The van der Waals surface area contributed by atoms with Crippen LogP contribution in [-0.2, 0) is 4.79 Å². The molecule has 0 saturated carbocycles. The standard InChI is InChI=1S/C15H29N3O/c1-14(2)10-15(3,4)17(5)6-7-18(11-14)13(19)12-8-16-9-12/h12,16H,6-11H2,1-5H3. The molecular weight excluding hydrogens is 238 g/mol. The molecule has 1 amide bonds. The molecule has 110 valence electrons. The van der Waals surface area contributed by atoms with Crippen molar-refractivity contribution in [1.82, 2.24) is 15.1 Å². The average molecular weight is 267 g/mol. The molecule has 1 N–H and O–H groups in total. The molecule has 0 spiro atoms. The Bertz CT molecular complexity index is 347. The highest BCUT2D eigenvalue weighted by molar-refractivity contribution is 5.80. The van der Waals surface area contributed by atoms with Gasteiger partial charge in [-0.3, -0.25) is 9.69 Å². The first-order chi connectivity index (χ1) is 8.71. The van der Waals surface area contributed by atoms with Gasteiger partial charge in [-0.05, 0) is 32.7 Å². The molecule has 0 radical (unpaired) electrons. The van der Waals surface area contributed by atoms with E-state index in [1.165, 1.54) is 0 Å². The SMILES string of the molecule is CN1CCN(C(=O)C2CNC2)CC(C)(C)CC1(C)C. The van der Waals surface area contributed by atoms with E-state index in [4.69, 9.17) is 0 Å². The maximum absolute atomic E-state index is 12.5. The van der Waals surface area contributed by atoms with E-state index in [1.54, 1.807) is 0 Å². The van der Waals surface area contributed by atoms with Gasteiger partial charge in [-0.15, -0.1) is 0 Å². The minimum Gasteiger partial charge on any atom is -0.341 e. The van der Waals surface area contributed by atoms with Gasteiger partial charge in [-0.2, -0.15) is 0 Å². The Hall–Kier alpha value is -0.610. The van der Waals surface area contributed by atoms with E-state index in [0.29, 0.717) is 5.91 Å². The van der Waals surface area contributed by atoms with Crippen molar-refractivity contribution in [3.8, 4) is 0 Å². The van der Waals surface area contributed by atoms with E-state index < -0.39 is 0 Å². The quantitative estimate of drug-likeness (QED) is 0.775. The first-order valence-corrected chi connectivity index (χ1v) is 7.42. The van der Waals surface area contributed by atoms with Gasteiger partial charge >= 0.3 is 0 Å². The third kappa shape index (κ3) is 3.29. The molecule has 0 bridgehead atoms. The van der Waals surface area contributed by atoms with Gasteiger partial charge in [-0.1, -0.05) is 13.8 Å². The topological polar surface area (TPSA) is 35.6 Å². The zero-order valence-corrected chi connectivity index (χ0v) is 13.1. The second-order valence-corrected chi connectivity index (χ2v) is 7.69. The summed E-state index contributed by atoms with van der Waals surface area (Å²) >= 11 is 0. The van der Waals surface area contributed by atoms with Crippen LogP contribution in [0, 0.1) is 11.3 Å². The summed E-state index contributed by atoms with van der Waals surface area (Å²) in [6, 6.07) is 0. The van der Waals surface area contributed by atoms with Crippen LogP contribution in [0.25, 0.3) is 0 Å². The van der Waals surface area contributed by atoms with Crippen LogP contribution in [0.1, 0.15) is 34.1 Å². The predicted molar refractivity (Wildman–Crippen MR) is 78.0 cm³/mol. The maximum atomic E-state index is 12.5. The van der Waals surface area contributed by atoms with Gasteiger partial charge in [0.1, 0.15) is 0 Å². The number of carbonyl (C=O) groups is 1. The van der Waals surface area contributed by atoms with Crippen molar-refractivity contribution < 1.29 is 4.79 Å². The molecule has 2 saturated heterocycles. The summed E-state index contributed by atoms with van der Waals surface area (Å²) in [4.78, 5) is 17.0. The smallest absolute Gasteiger partial charge is 0.228 e. The summed E-state index contributed by atoms with van der Waals surface area (Å²) in [6.45, 7) is 13.6. The Morgan fingerprint density at radius 3 is 2.32 bits per heavy atom. The van der Waals surface area contributed by atoms with Crippen LogP contribution in [0.4, 0.5) is 0 Å². The molecule has 2 aliphatic heterocycles. The molecular formula is C15H29N3O. The molecule has 0 atom stereocenters. The van der Waals surface area contributed by atoms with E-state index in [-0.39, 0.29) is 16.9 Å². The fraction of sp³-hybridized carbons (Fsp3) is 0.933. The van der Waals surface area contributed by atoms with Crippen LogP contribution in [0.15, 0.2) is 0 Å². The lowest BCUT2D eigenvalue weighted by Gasteiger charge is -2.47. The predicted octanol–water partition coefficient (Wildman–Crippen LogP) is 1.17. The van der Waals surface area contributed by atoms with E-state index in [9.17, 15) is 4.79 Å². The molecule has 2 aliphatic rings. The third-order valence-corrected chi connectivity index (χ3v) is 4.71. The average Bonchev–Trinajstić information content (AvgIpc) is 2.17. The van der Waals surface area contributed by atoms with Gasteiger partial charge in [-0.25, -0.2) is 0 Å². The molecule has 0 aromatic rings. The van der Waals surface area contributed by atoms with Crippen molar-refractivity contribution in [2.45, 2.75) is 39.7 Å². The van der Waals surface area contributed by atoms with Gasteiger partial charge in [0.2, 0.25) is 5.91 Å². The van der Waals surface area contributed by atoms with E-state index >= 15 is 0 Å². The van der Waals surface area contributed by atoms with E-state index in [1.807, 2.05) is 0 Å². The lowest BCUT2D eigenvalue weighted by Crippen LogP contribution is -2.58. The summed E-state index contributed by atoms with van der Waals surface area (Å²) in [5.41, 5.74) is 0.377. The van der Waals surface area contributed by atoms with Crippen molar-refractivity contribution in [2.24, 2.45) is 11.3 Å². The minimum absolute atomic E-state index is 0.172. The summed E-state index contributed by atoms with van der Waals surface area (Å²) in [5.74, 6) is 0.563. The Labute approximate surface area is 117 Å². The number of amides is 1. The van der Waals surface area contributed by atoms with Crippen LogP contribution in [-0.4, -0.2) is 61.0 Å². The van der Waals surface area contributed by atoms with Gasteiger partial charge < -0.3 is 10.2 Å². The first-order valence-electron chi connectivity index (χ1n) is 7.42. The molecule has 0 aliphatic carbocycles. The molecule has 2 rings (SSSR count). The molecule has 0 unspecified atom stereocenters. The number of rotatable bonds is 1. The highest BCUT2D eigenvalue weighted by Crippen LogP contribution is 2.34. The highest BCUT2D eigenvalue weighted by atomic mass is 16.2. The zero-order chi connectivity index (χ0) is 14.3. The minimum atomic E-state index is 0.172. The first kappa shape index (κ1) is 14.8. The van der Waals surface area contributed by atoms with Crippen LogP contribution < -0.4 is 5.32 Å². The van der Waals surface area contributed by atoms with Crippen LogP contribution in [0.5, 0.6) is 0 Å². The molecule has 2 heterocycles. The molecule has 2 fully saturated rings. The normalized spacial score (nSPS) is 28.4. The lowest BCUT2D eigenvalue weighted by atomic mass is 9.78. The van der Waals surface area contributed by atoms with Crippen molar-refractivity contribution in [2.75, 3.05) is 39.8 Å². The lowest BCUT2D eigenvalue weighted by molar-refractivity contribution is -0.140. The van der Waals surface area contributed by atoms with E-state index in [0.717, 1.165) is 39.1 Å². The fourth-order valence-corrected chi connectivity index (χ4v) is 3.44. The van der Waals surface area contributed by atoms with E-state index in [2.05, 4.69) is 49.9 Å². The second-order valence-electron chi connectivity index (χ2n) is 7.69. The fourth-order valence-electron chi connectivity index (χ4n) is 3.44. The van der Waals surface area contributed by atoms with Crippen LogP contribution >= 0.6 is 0 Å². The number of nitrogens with one attached hydrogen (secondary N) is 1. The second kappa shape index (κ2) is 5.06. The van der Waals surface area contributed by atoms with Gasteiger partial charge in [0.25, 0.3) is 0 Å². The Balaban J connectivity index is 2.09. The van der Waals surface area contributed by atoms with Crippen LogP contribution in [0.2, 0.25) is 0 Å². The van der Waals surface area contributed by atoms with Crippen molar-refractivity contribution >= 4 is 5.91 Å². The largest absolute Gasteiger partial charge is 0.341 e. The highest BCUT2D eigenvalue weighted by Gasteiger charge is 2.38. The number of likely N-dealkylation sites (N-methyl/N-ethyl adjacent to an activating group) is 1.